The Morgan fingerprint density at radius 1 is 1.36 bits per heavy atom. The van der Waals surface area contributed by atoms with Gasteiger partial charge in [0.1, 0.15) is 30.5 Å². The third-order valence-corrected chi connectivity index (χ3v) is 5.28. The molecular formula is C19H25N5O+2. The molecule has 2 aromatic heterocycles. The maximum Gasteiger partial charge on any atom is 0.238 e. The number of nitrogens with one attached hydrogen (secondary N) is 3. The highest BCUT2D eigenvalue weighted by Gasteiger charge is 2.32. The second kappa shape index (κ2) is 6.77. The van der Waals surface area contributed by atoms with E-state index in [9.17, 15) is 5.26 Å². The van der Waals surface area contributed by atoms with Crippen LogP contribution >= 0.6 is 0 Å². The van der Waals surface area contributed by atoms with Gasteiger partial charge in [0.05, 0.1) is 38.5 Å². The lowest BCUT2D eigenvalue weighted by Crippen LogP contribution is -3.08. The van der Waals surface area contributed by atoms with Gasteiger partial charge in [0.15, 0.2) is 0 Å². The van der Waals surface area contributed by atoms with Gasteiger partial charge in [0.2, 0.25) is 11.6 Å². The van der Waals surface area contributed by atoms with Crippen LogP contribution < -0.4 is 20.1 Å². The zero-order valence-electron chi connectivity index (χ0n) is 14.7. The number of rotatable bonds is 4. The fraction of sp³-hybridized carbons (Fsp3) is 0.474. The molecule has 0 bridgehead atoms. The number of fused-ring (bicyclic) bond motifs is 1. The summed E-state index contributed by atoms with van der Waals surface area (Å²) >= 11 is 0. The van der Waals surface area contributed by atoms with E-state index < -0.39 is 0 Å². The third-order valence-electron chi connectivity index (χ3n) is 5.28. The Morgan fingerprint density at radius 3 is 2.92 bits per heavy atom. The lowest BCUT2D eigenvalue weighted by Gasteiger charge is -2.26. The van der Waals surface area contributed by atoms with E-state index in [0.717, 1.165) is 49.7 Å². The van der Waals surface area contributed by atoms with E-state index in [1.807, 2.05) is 12.1 Å². The van der Waals surface area contributed by atoms with E-state index in [1.54, 1.807) is 6.26 Å². The summed E-state index contributed by atoms with van der Waals surface area (Å²) in [6, 6.07) is 6.26. The fourth-order valence-electron chi connectivity index (χ4n) is 3.95. The van der Waals surface area contributed by atoms with Crippen LogP contribution in [0.5, 0.6) is 0 Å². The lowest BCUT2D eigenvalue weighted by atomic mass is 9.95. The van der Waals surface area contributed by atoms with Gasteiger partial charge in [0, 0.05) is 6.42 Å². The number of pyridine rings is 1. The van der Waals surface area contributed by atoms with Gasteiger partial charge in [-0.15, -0.1) is 0 Å². The molecule has 1 unspecified atom stereocenters. The first-order valence-electron chi connectivity index (χ1n) is 9.10. The van der Waals surface area contributed by atoms with Crippen molar-refractivity contribution in [2.75, 3.05) is 36.9 Å². The van der Waals surface area contributed by atoms with Crippen molar-refractivity contribution in [3.63, 3.8) is 0 Å². The van der Waals surface area contributed by atoms with Crippen molar-refractivity contribution in [3.05, 3.63) is 40.8 Å². The molecule has 6 heteroatoms. The maximum atomic E-state index is 9.80. The minimum Gasteiger partial charge on any atom is -0.466 e. The number of likely N-dealkylation sites (N-methyl/N-ethyl adjacent to an activating group) is 1. The summed E-state index contributed by atoms with van der Waals surface area (Å²) in [4.78, 5) is 7.50. The number of aromatic amines is 1. The molecule has 0 radical (unpaired) electrons. The van der Waals surface area contributed by atoms with Gasteiger partial charge in [-0.3, -0.25) is 10.2 Å². The molecule has 4 heterocycles. The van der Waals surface area contributed by atoms with E-state index in [1.165, 1.54) is 34.7 Å². The highest BCUT2D eigenvalue weighted by Crippen LogP contribution is 2.29. The first-order valence-corrected chi connectivity index (χ1v) is 9.10. The Bertz CT molecular complexity index is 787. The second-order valence-corrected chi connectivity index (χ2v) is 7.05. The molecule has 2 aliphatic rings. The van der Waals surface area contributed by atoms with Crippen LogP contribution in [0.15, 0.2) is 22.8 Å². The topological polar surface area (TPSA) is 70.8 Å². The van der Waals surface area contributed by atoms with Crippen molar-refractivity contribution < 1.29 is 14.3 Å². The number of anilines is 2. The molecule has 6 nitrogen and oxygen atoms in total. The first-order chi connectivity index (χ1) is 12.3. The van der Waals surface area contributed by atoms with Crippen molar-refractivity contribution in [1.82, 2.24) is 0 Å². The maximum absolute atomic E-state index is 9.80. The number of nitrogens with zero attached hydrogens (tertiary/aromatic N) is 2. The monoisotopic (exact) mass is 339 g/mol. The summed E-state index contributed by atoms with van der Waals surface area (Å²) in [7, 11) is 2.23. The number of hydrogen-bond acceptors (Lipinski definition) is 4. The lowest BCUT2D eigenvalue weighted by molar-refractivity contribution is -0.895. The van der Waals surface area contributed by atoms with Crippen molar-refractivity contribution in [1.29, 1.82) is 5.26 Å². The second-order valence-electron chi connectivity index (χ2n) is 7.05. The Balaban J connectivity index is 1.74. The molecule has 0 aromatic carbocycles. The molecule has 0 amide bonds. The first kappa shape index (κ1) is 16.0. The predicted octanol–water partition coefficient (Wildman–Crippen LogP) is 0.748. The van der Waals surface area contributed by atoms with Crippen LogP contribution in [0.4, 0.5) is 11.6 Å². The molecule has 2 aromatic rings. The standard InChI is InChI=1S/C19H23N5O/c1-23-9-6-15-16(11-20)18(21-12-14-5-4-10-25-14)22-19(17(15)13-23)24-7-2-3-8-24/h4-5,10H,2-3,6-9,12-13H2,1H3,(H,21,22)/p+2. The van der Waals surface area contributed by atoms with E-state index in [2.05, 4.69) is 28.3 Å². The van der Waals surface area contributed by atoms with Gasteiger partial charge >= 0.3 is 0 Å². The Hall–Kier alpha value is -2.52. The highest BCUT2D eigenvalue weighted by atomic mass is 16.3. The molecule has 2 aliphatic heterocycles. The Morgan fingerprint density at radius 2 is 2.20 bits per heavy atom. The summed E-state index contributed by atoms with van der Waals surface area (Å²) in [6.45, 7) is 4.80. The third kappa shape index (κ3) is 3.08. The summed E-state index contributed by atoms with van der Waals surface area (Å²) in [5.41, 5.74) is 3.30. The number of quaternary nitrogens is 1. The van der Waals surface area contributed by atoms with Gasteiger partial charge in [-0.2, -0.15) is 5.26 Å². The number of aromatic nitrogens is 1. The summed E-state index contributed by atoms with van der Waals surface area (Å²) < 4.78 is 5.41. The van der Waals surface area contributed by atoms with Gasteiger partial charge in [-0.25, -0.2) is 4.98 Å². The molecule has 0 spiro atoms. The Kier molecular flexibility index (Phi) is 4.33. The number of H-pyrrole nitrogens is 1. The zero-order chi connectivity index (χ0) is 17.2. The van der Waals surface area contributed by atoms with E-state index in [4.69, 9.17) is 4.42 Å². The summed E-state index contributed by atoms with van der Waals surface area (Å²) in [6.07, 6.45) is 5.10. The van der Waals surface area contributed by atoms with E-state index >= 15 is 0 Å². The molecule has 4 rings (SSSR count). The minimum absolute atomic E-state index is 0.571. The SMILES string of the molecule is C[NH+]1CCc2c(C#N)c(NCc3ccco3)[nH+]c(N3CCCC3)c2C1. The van der Waals surface area contributed by atoms with Crippen LogP contribution in [0.25, 0.3) is 0 Å². The highest BCUT2D eigenvalue weighted by molar-refractivity contribution is 5.61. The quantitative estimate of drug-likeness (QED) is 0.862. The van der Waals surface area contributed by atoms with Gasteiger partial charge in [0.25, 0.3) is 0 Å². The van der Waals surface area contributed by atoms with Crippen molar-refractivity contribution in [2.45, 2.75) is 32.4 Å². The average Bonchev–Trinajstić information content (AvgIpc) is 3.32. The summed E-state index contributed by atoms with van der Waals surface area (Å²) in [5, 5.41) is 13.2. The molecule has 1 saturated heterocycles. The molecule has 1 fully saturated rings. The van der Waals surface area contributed by atoms with E-state index in [-0.39, 0.29) is 0 Å². The average molecular weight is 339 g/mol. The van der Waals surface area contributed by atoms with Crippen LogP contribution in [-0.2, 0) is 19.5 Å². The van der Waals surface area contributed by atoms with Crippen LogP contribution in [-0.4, -0.2) is 26.7 Å². The smallest absolute Gasteiger partial charge is 0.238 e. The molecule has 3 N–H and O–H groups in total. The number of nitriles is 1. The molecule has 1 atom stereocenters. The molecule has 0 saturated carbocycles. The van der Waals surface area contributed by atoms with Crippen LogP contribution in [0.2, 0.25) is 0 Å². The van der Waals surface area contributed by atoms with E-state index in [0.29, 0.717) is 6.54 Å². The molecule has 25 heavy (non-hydrogen) atoms. The van der Waals surface area contributed by atoms with Crippen molar-refractivity contribution in [3.8, 4) is 6.07 Å². The summed E-state index contributed by atoms with van der Waals surface area (Å²) in [5.74, 6) is 2.88. The number of furan rings is 1. The molecule has 0 aliphatic carbocycles. The van der Waals surface area contributed by atoms with Crippen LogP contribution in [0, 0.1) is 11.3 Å². The van der Waals surface area contributed by atoms with Gasteiger partial charge in [-0.1, -0.05) is 0 Å². The normalized spacial score (nSPS) is 19.5. The largest absolute Gasteiger partial charge is 0.466 e. The van der Waals surface area contributed by atoms with Gasteiger partial charge < -0.3 is 9.32 Å². The zero-order valence-corrected chi connectivity index (χ0v) is 14.7. The molecule has 130 valence electrons. The Labute approximate surface area is 148 Å². The molecular weight excluding hydrogens is 314 g/mol. The number of hydrogen-bond donors (Lipinski definition) is 2. The van der Waals surface area contributed by atoms with Gasteiger partial charge in [-0.05, 0) is 30.5 Å². The predicted molar refractivity (Wildman–Crippen MR) is 94.4 cm³/mol. The van der Waals surface area contributed by atoms with Crippen LogP contribution in [0.3, 0.4) is 0 Å². The minimum atomic E-state index is 0.571. The van der Waals surface area contributed by atoms with Crippen LogP contribution in [0.1, 0.15) is 35.3 Å². The van der Waals surface area contributed by atoms with Crippen molar-refractivity contribution >= 4 is 11.6 Å². The van der Waals surface area contributed by atoms with Crippen molar-refractivity contribution in [2.24, 2.45) is 0 Å². The fourth-order valence-corrected chi connectivity index (χ4v) is 3.95.